The van der Waals surface area contributed by atoms with Crippen LogP contribution < -0.4 is 23.8 Å². The first-order valence-electron chi connectivity index (χ1n) is 16.3. The highest BCUT2D eigenvalue weighted by molar-refractivity contribution is 5.90. The lowest BCUT2D eigenvalue weighted by Gasteiger charge is -2.26. The van der Waals surface area contributed by atoms with Crippen molar-refractivity contribution in [2.24, 2.45) is 0 Å². The zero-order chi connectivity index (χ0) is 34.2. The van der Waals surface area contributed by atoms with E-state index in [0.29, 0.717) is 53.9 Å². The molecule has 0 radical (unpaired) electrons. The quantitative estimate of drug-likeness (QED) is 0.101. The van der Waals surface area contributed by atoms with Crippen molar-refractivity contribution in [1.29, 1.82) is 0 Å². The van der Waals surface area contributed by atoms with Crippen molar-refractivity contribution < 1.29 is 23.7 Å². The highest BCUT2D eigenvalue weighted by atomic mass is 16.5. The molecule has 48 heavy (non-hydrogen) atoms. The Kier molecular flexibility index (Phi) is 11.2. The summed E-state index contributed by atoms with van der Waals surface area (Å²) in [5.41, 5.74) is 6.10. The van der Waals surface area contributed by atoms with Gasteiger partial charge in [-0.25, -0.2) is 4.98 Å². The molecule has 0 amide bonds. The van der Waals surface area contributed by atoms with Crippen LogP contribution in [-0.4, -0.2) is 53.5 Å². The number of aldehydes is 1. The van der Waals surface area contributed by atoms with E-state index in [1.54, 1.807) is 21.3 Å². The van der Waals surface area contributed by atoms with Crippen molar-refractivity contribution >= 4 is 23.1 Å². The summed E-state index contributed by atoms with van der Waals surface area (Å²) in [7, 11) is 4.98. The summed E-state index contributed by atoms with van der Waals surface area (Å²) in [6.45, 7) is 9.56. The number of rotatable bonds is 16. The van der Waals surface area contributed by atoms with E-state index in [-0.39, 0.29) is 6.10 Å². The number of hydrogen-bond acceptors (Lipinski definition) is 9. The third kappa shape index (κ3) is 7.70. The molecule has 0 aliphatic heterocycles. The van der Waals surface area contributed by atoms with Gasteiger partial charge in [-0.1, -0.05) is 43.7 Å². The number of unbranched alkanes of at least 4 members (excludes halogenated alkanes) is 1. The van der Waals surface area contributed by atoms with Gasteiger partial charge in [-0.15, -0.1) is 10.2 Å². The minimum atomic E-state index is -0.134. The van der Waals surface area contributed by atoms with Gasteiger partial charge in [-0.05, 0) is 62.6 Å². The molecule has 0 fully saturated rings. The molecule has 5 rings (SSSR count). The van der Waals surface area contributed by atoms with Crippen LogP contribution >= 0.6 is 0 Å². The fourth-order valence-electron chi connectivity index (χ4n) is 5.80. The van der Waals surface area contributed by atoms with Crippen LogP contribution in [0.3, 0.4) is 0 Å². The van der Waals surface area contributed by atoms with Gasteiger partial charge in [0.1, 0.15) is 40.4 Å². The second kappa shape index (κ2) is 15.6. The highest BCUT2D eigenvalue weighted by Crippen LogP contribution is 2.36. The van der Waals surface area contributed by atoms with E-state index in [4.69, 9.17) is 34.1 Å². The molecule has 3 aromatic carbocycles. The van der Waals surface area contributed by atoms with E-state index >= 15 is 0 Å². The zero-order valence-corrected chi connectivity index (χ0v) is 28.9. The van der Waals surface area contributed by atoms with E-state index in [9.17, 15) is 4.79 Å². The van der Waals surface area contributed by atoms with Crippen LogP contribution in [-0.2, 0) is 26.1 Å². The normalized spacial score (nSPS) is 11.2. The fraction of sp³-hybridized carbons (Fsp3) is 0.368. The average Bonchev–Trinajstić information content (AvgIpc) is 3.45. The minimum absolute atomic E-state index is 0.134. The summed E-state index contributed by atoms with van der Waals surface area (Å²) in [6.07, 6.45) is 3.47. The summed E-state index contributed by atoms with van der Waals surface area (Å²) in [6, 6.07) is 19.6. The highest BCUT2D eigenvalue weighted by Gasteiger charge is 2.26. The maximum atomic E-state index is 11.6. The summed E-state index contributed by atoms with van der Waals surface area (Å²) in [5, 5.41) is 9.50. The zero-order valence-electron chi connectivity index (χ0n) is 28.9. The number of nitrogens with zero attached hydrogens (tertiary/aromatic N) is 5. The predicted molar refractivity (Wildman–Crippen MR) is 188 cm³/mol. The molecule has 0 saturated heterocycles. The third-order valence-corrected chi connectivity index (χ3v) is 8.18. The lowest BCUT2D eigenvalue weighted by Crippen LogP contribution is -2.25. The van der Waals surface area contributed by atoms with Gasteiger partial charge in [0.15, 0.2) is 5.82 Å². The number of methoxy groups -OCH3 is 3. The number of anilines is 1. The summed E-state index contributed by atoms with van der Waals surface area (Å²) >= 11 is 0. The first-order chi connectivity index (χ1) is 23.3. The molecule has 0 bridgehead atoms. The Hall–Kier alpha value is -5.12. The monoisotopic (exact) mass is 651 g/mol. The molecule has 10 heteroatoms. The standard InChI is InChI=1S/C38H45N5O5/c1-8-9-13-34-39-35-36(43(34)21-27-11-10-12-28(19-27)24-44)38(48-25(2)3)41-40-37(35)42(22-29-15-14-26(4)18-32(29)46-6)23-30-16-17-31(45-5)20-33(30)47-7/h10-12,14-20,24-25H,8-9,13,21-23H2,1-7H3. The van der Waals surface area contributed by atoms with Gasteiger partial charge < -0.3 is 28.4 Å². The predicted octanol–water partition coefficient (Wildman–Crippen LogP) is 7.36. The maximum Gasteiger partial charge on any atom is 0.260 e. The van der Waals surface area contributed by atoms with Crippen molar-refractivity contribution in [3.63, 3.8) is 0 Å². The number of hydrogen-bond donors (Lipinski definition) is 0. The largest absolute Gasteiger partial charge is 0.497 e. The Bertz CT molecular complexity index is 1870. The van der Waals surface area contributed by atoms with Crippen LogP contribution in [0.1, 0.15) is 72.0 Å². The molecule has 0 atom stereocenters. The van der Waals surface area contributed by atoms with E-state index < -0.39 is 0 Å². The fourth-order valence-corrected chi connectivity index (χ4v) is 5.80. The van der Waals surface area contributed by atoms with Crippen LogP contribution in [0.4, 0.5) is 5.82 Å². The maximum absolute atomic E-state index is 11.6. The van der Waals surface area contributed by atoms with Gasteiger partial charge >= 0.3 is 0 Å². The molecule has 0 unspecified atom stereocenters. The summed E-state index contributed by atoms with van der Waals surface area (Å²) in [4.78, 5) is 19.1. The molecule has 5 aromatic rings. The van der Waals surface area contributed by atoms with Crippen molar-refractivity contribution in [2.45, 2.75) is 72.7 Å². The molecule has 252 valence electrons. The Balaban J connectivity index is 1.73. The molecular formula is C38H45N5O5. The molecule has 2 heterocycles. The van der Waals surface area contributed by atoms with Crippen LogP contribution in [0.5, 0.6) is 23.1 Å². The molecule has 2 aromatic heterocycles. The van der Waals surface area contributed by atoms with Crippen molar-refractivity contribution in [1.82, 2.24) is 19.7 Å². The van der Waals surface area contributed by atoms with E-state index in [1.807, 2.05) is 69.3 Å². The van der Waals surface area contributed by atoms with Gasteiger partial charge in [0.05, 0.1) is 27.4 Å². The Morgan fingerprint density at radius 2 is 1.62 bits per heavy atom. The van der Waals surface area contributed by atoms with Crippen LogP contribution in [0, 0.1) is 6.92 Å². The van der Waals surface area contributed by atoms with Gasteiger partial charge in [-0.2, -0.15) is 0 Å². The number of aryl methyl sites for hydroxylation is 2. The van der Waals surface area contributed by atoms with Gasteiger partial charge in [-0.3, -0.25) is 4.79 Å². The number of benzene rings is 3. The van der Waals surface area contributed by atoms with Crippen LogP contribution in [0.15, 0.2) is 60.7 Å². The number of carbonyl (C=O) groups is 1. The summed E-state index contributed by atoms with van der Waals surface area (Å²) in [5.74, 6) is 4.12. The number of fused-ring (bicyclic) bond motifs is 1. The minimum Gasteiger partial charge on any atom is -0.497 e. The molecule has 0 aliphatic rings. The first-order valence-corrected chi connectivity index (χ1v) is 16.3. The number of ether oxygens (including phenoxy) is 4. The average molecular weight is 652 g/mol. The topological polar surface area (TPSA) is 101 Å². The molecule has 0 aliphatic carbocycles. The second-order valence-electron chi connectivity index (χ2n) is 12.1. The Labute approximate surface area is 282 Å². The van der Waals surface area contributed by atoms with Crippen molar-refractivity contribution in [3.8, 4) is 23.1 Å². The number of aromatic nitrogens is 4. The summed E-state index contributed by atoms with van der Waals surface area (Å²) < 4.78 is 25.6. The number of carbonyl (C=O) groups excluding carboxylic acids is 1. The molecule has 10 nitrogen and oxygen atoms in total. The van der Waals surface area contributed by atoms with Gasteiger partial charge in [0, 0.05) is 48.8 Å². The smallest absolute Gasteiger partial charge is 0.260 e. The van der Waals surface area contributed by atoms with Gasteiger partial charge in [0.25, 0.3) is 5.88 Å². The van der Waals surface area contributed by atoms with Crippen LogP contribution in [0.2, 0.25) is 0 Å². The Morgan fingerprint density at radius 3 is 2.29 bits per heavy atom. The second-order valence-corrected chi connectivity index (χ2v) is 12.1. The first kappa shape index (κ1) is 34.2. The molecule has 0 spiro atoms. The lowest BCUT2D eigenvalue weighted by molar-refractivity contribution is 0.112. The molecule has 0 saturated carbocycles. The van der Waals surface area contributed by atoms with E-state index in [0.717, 1.165) is 64.9 Å². The van der Waals surface area contributed by atoms with Crippen molar-refractivity contribution in [2.75, 3.05) is 26.2 Å². The number of imidazole rings is 1. The molecule has 0 N–H and O–H groups in total. The third-order valence-electron chi connectivity index (χ3n) is 8.18. The molecular weight excluding hydrogens is 606 g/mol. The van der Waals surface area contributed by atoms with E-state index in [1.165, 1.54) is 0 Å². The van der Waals surface area contributed by atoms with Crippen molar-refractivity contribution in [3.05, 3.63) is 94.3 Å². The lowest BCUT2D eigenvalue weighted by atomic mass is 10.1. The Morgan fingerprint density at radius 1 is 0.896 bits per heavy atom. The van der Waals surface area contributed by atoms with Gasteiger partial charge in [0.2, 0.25) is 0 Å². The van der Waals surface area contributed by atoms with Crippen LogP contribution in [0.25, 0.3) is 11.0 Å². The SMILES string of the molecule is CCCCc1nc2c(N(Cc3ccc(C)cc3OC)Cc3ccc(OC)cc3OC)nnc(OC(C)C)c2n1Cc1cccc(C=O)c1. The van der Waals surface area contributed by atoms with E-state index in [2.05, 4.69) is 28.5 Å².